The fourth-order valence-corrected chi connectivity index (χ4v) is 1.25. The summed E-state index contributed by atoms with van der Waals surface area (Å²) in [5.41, 5.74) is 5.46. The Hall–Kier alpha value is -1.03. The second-order valence-corrected chi connectivity index (χ2v) is 2.46. The zero-order chi connectivity index (χ0) is 6.97. The average Bonchev–Trinajstić information content (AvgIpc) is 2.27. The maximum atomic E-state index is 5.46. The van der Waals surface area contributed by atoms with Crippen LogP contribution < -0.4 is 16.4 Å². The number of rotatable bonds is 0. The normalized spacial score (nSPS) is 36.6. The van der Waals surface area contributed by atoms with Crippen LogP contribution in [-0.2, 0) is 0 Å². The van der Waals surface area contributed by atoms with Crippen molar-refractivity contribution in [1.29, 1.82) is 0 Å². The van der Waals surface area contributed by atoms with Crippen molar-refractivity contribution in [3.63, 3.8) is 0 Å². The fraction of sp³-hybridized carbons (Fsp3) is 0.500. The quantitative estimate of drug-likeness (QED) is 0.367. The maximum Gasteiger partial charge on any atom is 0.190 e. The lowest BCUT2D eigenvalue weighted by molar-refractivity contribution is 0.481. The summed E-state index contributed by atoms with van der Waals surface area (Å²) in [6.07, 6.45) is 4.35. The monoisotopic (exact) mass is 138 g/mol. The number of nitrogens with one attached hydrogen (secondary N) is 2. The van der Waals surface area contributed by atoms with E-state index in [1.54, 1.807) is 0 Å². The van der Waals surface area contributed by atoms with Gasteiger partial charge in [-0.15, -0.1) is 0 Å². The van der Waals surface area contributed by atoms with Crippen molar-refractivity contribution < 1.29 is 0 Å². The van der Waals surface area contributed by atoms with E-state index in [9.17, 15) is 0 Å². The predicted molar refractivity (Wildman–Crippen MR) is 39.5 cm³/mol. The highest BCUT2D eigenvalue weighted by Crippen LogP contribution is 2.07. The van der Waals surface area contributed by atoms with E-state index in [1.807, 2.05) is 0 Å². The van der Waals surface area contributed by atoms with Gasteiger partial charge in [-0.2, -0.15) is 0 Å². The average molecular weight is 138 g/mol. The Morgan fingerprint density at radius 3 is 3.40 bits per heavy atom. The molecule has 0 aliphatic carbocycles. The minimum absolute atomic E-state index is 0.203. The molecule has 2 unspecified atom stereocenters. The molecule has 4 nitrogen and oxygen atoms in total. The second kappa shape index (κ2) is 1.98. The number of guanidine groups is 1. The third kappa shape index (κ3) is 0.769. The standard InChI is InChI=1S/C6H10N4/c7-6-9-4-2-1-3-8-5(4)10-6/h1-2,4-5,8H,3H2,(H3,7,9,10). The third-order valence-corrected chi connectivity index (χ3v) is 1.72. The first-order valence-corrected chi connectivity index (χ1v) is 3.36. The molecule has 0 aromatic heterocycles. The van der Waals surface area contributed by atoms with Crippen LogP contribution in [0.25, 0.3) is 0 Å². The number of aliphatic imine (C=N–C) groups is 1. The van der Waals surface area contributed by atoms with Gasteiger partial charge >= 0.3 is 0 Å². The van der Waals surface area contributed by atoms with E-state index in [-0.39, 0.29) is 12.2 Å². The highest BCUT2D eigenvalue weighted by molar-refractivity contribution is 5.80. The topological polar surface area (TPSA) is 62.4 Å². The van der Waals surface area contributed by atoms with Crippen molar-refractivity contribution in [2.75, 3.05) is 6.54 Å². The van der Waals surface area contributed by atoms with Gasteiger partial charge in [0, 0.05) is 6.54 Å². The summed E-state index contributed by atoms with van der Waals surface area (Å²) >= 11 is 0. The molecule has 0 bridgehead atoms. The molecule has 0 spiro atoms. The van der Waals surface area contributed by atoms with Crippen molar-refractivity contribution in [3.05, 3.63) is 12.2 Å². The van der Waals surface area contributed by atoms with Gasteiger partial charge in [0.15, 0.2) is 5.96 Å². The Balaban J connectivity index is 2.17. The minimum atomic E-state index is 0.203. The summed E-state index contributed by atoms with van der Waals surface area (Å²) in [6, 6.07) is 0.203. The third-order valence-electron chi connectivity index (χ3n) is 1.72. The van der Waals surface area contributed by atoms with Gasteiger partial charge in [0.1, 0.15) is 12.2 Å². The van der Waals surface area contributed by atoms with E-state index < -0.39 is 0 Å². The highest BCUT2D eigenvalue weighted by Gasteiger charge is 2.25. The maximum absolute atomic E-state index is 5.46. The number of nitrogens with two attached hydrogens (primary N) is 1. The fourth-order valence-electron chi connectivity index (χ4n) is 1.25. The smallest absolute Gasteiger partial charge is 0.190 e. The first-order valence-electron chi connectivity index (χ1n) is 3.36. The molecular weight excluding hydrogens is 128 g/mol. The molecule has 0 amide bonds. The Bertz CT molecular complexity index is 196. The van der Waals surface area contributed by atoms with Crippen LogP contribution in [-0.4, -0.2) is 24.7 Å². The van der Waals surface area contributed by atoms with Gasteiger partial charge in [-0.05, 0) is 0 Å². The van der Waals surface area contributed by atoms with Crippen molar-refractivity contribution >= 4 is 5.96 Å². The molecule has 4 N–H and O–H groups in total. The summed E-state index contributed by atoms with van der Waals surface area (Å²) < 4.78 is 0. The lowest BCUT2D eigenvalue weighted by Crippen LogP contribution is -2.49. The van der Waals surface area contributed by atoms with Gasteiger partial charge in [-0.25, -0.2) is 4.99 Å². The van der Waals surface area contributed by atoms with Gasteiger partial charge in [-0.3, -0.25) is 5.32 Å². The van der Waals surface area contributed by atoms with Crippen molar-refractivity contribution in [2.45, 2.75) is 12.2 Å². The predicted octanol–water partition coefficient (Wildman–Crippen LogP) is -1.24. The van der Waals surface area contributed by atoms with Crippen LogP contribution in [0.5, 0.6) is 0 Å². The van der Waals surface area contributed by atoms with Crippen LogP contribution >= 0.6 is 0 Å². The summed E-state index contributed by atoms with van der Waals surface area (Å²) in [7, 11) is 0. The van der Waals surface area contributed by atoms with E-state index >= 15 is 0 Å². The van der Waals surface area contributed by atoms with Gasteiger partial charge in [0.2, 0.25) is 0 Å². The van der Waals surface area contributed by atoms with Gasteiger partial charge in [0.25, 0.3) is 0 Å². The summed E-state index contributed by atoms with van der Waals surface area (Å²) in [4.78, 5) is 4.14. The SMILES string of the molecule is NC1=NC2C=CCNC2N1. The number of nitrogens with zero attached hydrogens (tertiary/aromatic N) is 1. The molecule has 2 atom stereocenters. The summed E-state index contributed by atoms with van der Waals surface area (Å²) in [5.74, 6) is 0.536. The molecule has 4 heteroatoms. The van der Waals surface area contributed by atoms with Crippen LogP contribution in [0.3, 0.4) is 0 Å². The zero-order valence-corrected chi connectivity index (χ0v) is 5.54. The Morgan fingerprint density at radius 1 is 1.70 bits per heavy atom. The lowest BCUT2D eigenvalue weighted by atomic mass is 10.2. The minimum Gasteiger partial charge on any atom is -0.370 e. The number of fused-ring (bicyclic) bond motifs is 1. The molecule has 0 fully saturated rings. The molecule has 0 saturated carbocycles. The Kier molecular flexibility index (Phi) is 1.14. The molecule has 54 valence electrons. The van der Waals surface area contributed by atoms with E-state index in [4.69, 9.17) is 5.73 Å². The lowest BCUT2D eigenvalue weighted by Gasteiger charge is -2.19. The zero-order valence-electron chi connectivity index (χ0n) is 5.54. The molecule has 0 aromatic carbocycles. The molecule has 2 aliphatic heterocycles. The first kappa shape index (κ1) is 5.73. The van der Waals surface area contributed by atoms with Crippen molar-refractivity contribution in [3.8, 4) is 0 Å². The van der Waals surface area contributed by atoms with Crippen LogP contribution in [0, 0.1) is 0 Å². The van der Waals surface area contributed by atoms with Crippen LogP contribution in [0.1, 0.15) is 0 Å². The van der Waals surface area contributed by atoms with E-state index in [0.29, 0.717) is 5.96 Å². The molecule has 2 rings (SSSR count). The highest BCUT2D eigenvalue weighted by atomic mass is 15.3. The largest absolute Gasteiger partial charge is 0.370 e. The Labute approximate surface area is 59.2 Å². The van der Waals surface area contributed by atoms with E-state index in [1.165, 1.54) is 0 Å². The van der Waals surface area contributed by atoms with Crippen molar-refractivity contribution in [1.82, 2.24) is 10.6 Å². The van der Waals surface area contributed by atoms with Gasteiger partial charge in [0.05, 0.1) is 0 Å². The molecule has 2 aliphatic rings. The number of hydrogen-bond donors (Lipinski definition) is 3. The second-order valence-electron chi connectivity index (χ2n) is 2.46. The van der Waals surface area contributed by atoms with Crippen LogP contribution in [0.2, 0.25) is 0 Å². The number of hydrogen-bond acceptors (Lipinski definition) is 4. The van der Waals surface area contributed by atoms with Gasteiger partial charge < -0.3 is 11.1 Å². The summed E-state index contributed by atoms with van der Waals surface area (Å²) in [6.45, 7) is 0.900. The molecule has 0 aromatic rings. The van der Waals surface area contributed by atoms with Crippen LogP contribution in [0.15, 0.2) is 17.1 Å². The van der Waals surface area contributed by atoms with E-state index in [2.05, 4.69) is 27.8 Å². The molecule has 0 radical (unpaired) electrons. The molecule has 2 heterocycles. The first-order chi connectivity index (χ1) is 4.86. The molecular formula is C6H10N4. The van der Waals surface area contributed by atoms with Crippen LogP contribution in [0.4, 0.5) is 0 Å². The summed E-state index contributed by atoms with van der Waals surface area (Å²) in [5, 5.41) is 6.24. The van der Waals surface area contributed by atoms with Crippen molar-refractivity contribution in [2.24, 2.45) is 10.7 Å². The Morgan fingerprint density at radius 2 is 2.60 bits per heavy atom. The van der Waals surface area contributed by atoms with E-state index in [0.717, 1.165) is 6.54 Å². The molecule has 10 heavy (non-hydrogen) atoms. The molecule has 0 saturated heterocycles. The van der Waals surface area contributed by atoms with Gasteiger partial charge in [-0.1, -0.05) is 12.2 Å².